The van der Waals surface area contributed by atoms with Gasteiger partial charge in [-0.05, 0) is 43.7 Å². The summed E-state index contributed by atoms with van der Waals surface area (Å²) in [5.41, 5.74) is 1.06. The molecule has 3 rings (SSSR count). The van der Waals surface area contributed by atoms with Crippen molar-refractivity contribution in [3.63, 3.8) is 0 Å². The van der Waals surface area contributed by atoms with E-state index in [2.05, 4.69) is 0 Å². The number of benzene rings is 2. The second-order valence-electron chi connectivity index (χ2n) is 5.60. The Morgan fingerprint density at radius 1 is 1.00 bits per heavy atom. The molecule has 1 heterocycles. The highest BCUT2D eigenvalue weighted by Crippen LogP contribution is 2.37. The van der Waals surface area contributed by atoms with Crippen LogP contribution in [-0.4, -0.2) is 11.8 Å². The molecule has 2 aromatic carbocycles. The van der Waals surface area contributed by atoms with E-state index in [0.717, 1.165) is 5.56 Å². The van der Waals surface area contributed by atoms with Gasteiger partial charge in [-0.15, -0.1) is 0 Å². The highest BCUT2D eigenvalue weighted by Gasteiger charge is 2.44. The Balaban J connectivity index is 2.21. The fraction of sp³-hybridized carbons (Fsp3) is 0.176. The van der Waals surface area contributed by atoms with E-state index in [1.807, 2.05) is 26.0 Å². The van der Waals surface area contributed by atoms with Gasteiger partial charge in [0.2, 0.25) is 5.91 Å². The minimum atomic E-state index is -0.757. The van der Waals surface area contributed by atoms with Gasteiger partial charge < -0.3 is 0 Å². The predicted octanol–water partition coefficient (Wildman–Crippen LogP) is 3.80. The zero-order valence-corrected chi connectivity index (χ0v) is 12.5. The standard InChI is InChI=1S/C17H14ClNO2/c1-17(2)14-9-4-3-8-13(14)15(20)19(16(17)21)12-7-5-6-11(18)10-12/h3-10H,1-2H3. The van der Waals surface area contributed by atoms with Gasteiger partial charge in [0.25, 0.3) is 5.91 Å². The number of imide groups is 1. The smallest absolute Gasteiger partial charge is 0.265 e. The summed E-state index contributed by atoms with van der Waals surface area (Å²) in [4.78, 5) is 26.7. The average Bonchev–Trinajstić information content (AvgIpc) is 2.46. The molecule has 1 aliphatic heterocycles. The van der Waals surface area contributed by atoms with Gasteiger partial charge in [-0.2, -0.15) is 0 Å². The number of amides is 2. The second-order valence-corrected chi connectivity index (χ2v) is 6.03. The first-order valence-electron chi connectivity index (χ1n) is 6.67. The van der Waals surface area contributed by atoms with Crippen molar-refractivity contribution < 1.29 is 9.59 Å². The Morgan fingerprint density at radius 3 is 2.43 bits per heavy atom. The molecule has 0 aromatic heterocycles. The number of nitrogens with zero attached hydrogens (tertiary/aromatic N) is 1. The lowest BCUT2D eigenvalue weighted by Crippen LogP contribution is -2.52. The highest BCUT2D eigenvalue weighted by atomic mass is 35.5. The molecule has 0 aliphatic carbocycles. The minimum Gasteiger partial charge on any atom is -0.273 e. The maximum atomic E-state index is 12.8. The Kier molecular flexibility index (Phi) is 3.10. The van der Waals surface area contributed by atoms with Gasteiger partial charge in [-0.3, -0.25) is 9.59 Å². The van der Waals surface area contributed by atoms with Crippen LogP contribution >= 0.6 is 11.6 Å². The van der Waals surface area contributed by atoms with Crippen molar-refractivity contribution in [2.24, 2.45) is 0 Å². The number of fused-ring (bicyclic) bond motifs is 1. The number of halogens is 1. The Labute approximate surface area is 128 Å². The highest BCUT2D eigenvalue weighted by molar-refractivity contribution is 6.32. The first-order chi connectivity index (χ1) is 9.93. The quantitative estimate of drug-likeness (QED) is 0.751. The zero-order valence-electron chi connectivity index (χ0n) is 11.8. The van der Waals surface area contributed by atoms with Crippen molar-refractivity contribution in [2.75, 3.05) is 4.90 Å². The van der Waals surface area contributed by atoms with Gasteiger partial charge in [0.1, 0.15) is 0 Å². The van der Waals surface area contributed by atoms with E-state index in [-0.39, 0.29) is 11.8 Å². The molecule has 4 heteroatoms. The van der Waals surface area contributed by atoms with Gasteiger partial charge in [-0.1, -0.05) is 35.9 Å². The number of hydrogen-bond acceptors (Lipinski definition) is 2. The van der Waals surface area contributed by atoms with Crippen LogP contribution in [0.5, 0.6) is 0 Å². The third kappa shape index (κ3) is 2.05. The lowest BCUT2D eigenvalue weighted by atomic mass is 9.77. The summed E-state index contributed by atoms with van der Waals surface area (Å²) >= 11 is 5.98. The Bertz CT molecular complexity index is 752. The normalized spacial score (nSPS) is 16.8. The first kappa shape index (κ1) is 13.8. The van der Waals surface area contributed by atoms with Crippen LogP contribution in [-0.2, 0) is 10.2 Å². The van der Waals surface area contributed by atoms with Gasteiger partial charge in [0, 0.05) is 10.6 Å². The Morgan fingerprint density at radius 2 is 1.71 bits per heavy atom. The van der Waals surface area contributed by atoms with Crippen LogP contribution in [0.1, 0.15) is 29.8 Å². The molecule has 0 saturated heterocycles. The van der Waals surface area contributed by atoms with E-state index < -0.39 is 5.41 Å². The van der Waals surface area contributed by atoms with Crippen LogP contribution in [0.25, 0.3) is 0 Å². The van der Waals surface area contributed by atoms with Crippen molar-refractivity contribution in [3.8, 4) is 0 Å². The number of carbonyl (C=O) groups excluding carboxylic acids is 2. The van der Waals surface area contributed by atoms with E-state index in [0.29, 0.717) is 16.3 Å². The van der Waals surface area contributed by atoms with Gasteiger partial charge >= 0.3 is 0 Å². The zero-order chi connectivity index (χ0) is 15.2. The molecule has 0 fully saturated rings. The van der Waals surface area contributed by atoms with Gasteiger partial charge in [0.15, 0.2) is 0 Å². The summed E-state index contributed by atoms with van der Waals surface area (Å²) in [6, 6.07) is 14.0. The van der Waals surface area contributed by atoms with Gasteiger partial charge in [-0.25, -0.2) is 4.90 Å². The lowest BCUT2D eigenvalue weighted by Gasteiger charge is -2.37. The molecule has 0 unspecified atom stereocenters. The molecule has 1 aliphatic rings. The molecule has 0 atom stereocenters. The van der Waals surface area contributed by atoms with E-state index in [4.69, 9.17) is 11.6 Å². The summed E-state index contributed by atoms with van der Waals surface area (Å²) in [6.45, 7) is 3.66. The largest absolute Gasteiger partial charge is 0.273 e. The van der Waals surface area contributed by atoms with Crippen LogP contribution in [0.4, 0.5) is 5.69 Å². The minimum absolute atomic E-state index is 0.242. The van der Waals surface area contributed by atoms with Crippen LogP contribution < -0.4 is 4.90 Å². The predicted molar refractivity (Wildman–Crippen MR) is 82.7 cm³/mol. The summed E-state index contributed by atoms with van der Waals surface area (Å²) < 4.78 is 0. The first-order valence-corrected chi connectivity index (χ1v) is 7.04. The van der Waals surface area contributed by atoms with Crippen LogP contribution in [0, 0.1) is 0 Å². The Hall–Kier alpha value is -2.13. The third-order valence-corrected chi connectivity index (χ3v) is 4.07. The van der Waals surface area contributed by atoms with E-state index in [1.54, 1.807) is 36.4 Å². The number of rotatable bonds is 1. The van der Waals surface area contributed by atoms with Crippen LogP contribution in [0.2, 0.25) is 5.02 Å². The summed E-state index contributed by atoms with van der Waals surface area (Å²) in [5, 5.41) is 0.491. The fourth-order valence-electron chi connectivity index (χ4n) is 2.67. The topological polar surface area (TPSA) is 37.4 Å². The van der Waals surface area contributed by atoms with Gasteiger partial charge in [0.05, 0.1) is 11.1 Å². The fourth-order valence-corrected chi connectivity index (χ4v) is 2.86. The monoisotopic (exact) mass is 299 g/mol. The molecule has 2 aromatic rings. The molecular weight excluding hydrogens is 286 g/mol. The van der Waals surface area contributed by atoms with E-state index >= 15 is 0 Å². The SMILES string of the molecule is CC1(C)C(=O)N(c2cccc(Cl)c2)C(=O)c2ccccc21. The molecule has 2 amide bonds. The molecule has 0 bridgehead atoms. The van der Waals surface area contributed by atoms with Crippen molar-refractivity contribution in [1.29, 1.82) is 0 Å². The molecule has 0 N–H and O–H groups in total. The molecule has 21 heavy (non-hydrogen) atoms. The molecule has 3 nitrogen and oxygen atoms in total. The number of anilines is 1. The molecular formula is C17H14ClNO2. The van der Waals surface area contributed by atoms with E-state index in [9.17, 15) is 9.59 Å². The summed E-state index contributed by atoms with van der Waals surface area (Å²) in [7, 11) is 0. The van der Waals surface area contributed by atoms with Crippen molar-refractivity contribution in [2.45, 2.75) is 19.3 Å². The molecule has 0 radical (unpaired) electrons. The lowest BCUT2D eigenvalue weighted by molar-refractivity contribution is -0.122. The second kappa shape index (κ2) is 4.71. The average molecular weight is 300 g/mol. The maximum absolute atomic E-state index is 12.8. The van der Waals surface area contributed by atoms with Crippen molar-refractivity contribution >= 4 is 29.1 Å². The molecule has 0 saturated carbocycles. The molecule has 106 valence electrons. The number of hydrogen-bond donors (Lipinski definition) is 0. The number of carbonyl (C=O) groups is 2. The van der Waals surface area contributed by atoms with E-state index in [1.165, 1.54) is 4.90 Å². The van der Waals surface area contributed by atoms with Crippen LogP contribution in [0.15, 0.2) is 48.5 Å². The summed E-state index contributed by atoms with van der Waals surface area (Å²) in [6.07, 6.45) is 0. The van der Waals surface area contributed by atoms with Crippen LogP contribution in [0.3, 0.4) is 0 Å². The van der Waals surface area contributed by atoms with Crippen molar-refractivity contribution in [3.05, 3.63) is 64.7 Å². The summed E-state index contributed by atoms with van der Waals surface area (Å²) in [5.74, 6) is -0.550. The maximum Gasteiger partial charge on any atom is 0.265 e. The van der Waals surface area contributed by atoms with Crippen molar-refractivity contribution in [1.82, 2.24) is 0 Å². The third-order valence-electron chi connectivity index (χ3n) is 3.84. The molecule has 0 spiro atoms.